The van der Waals surface area contributed by atoms with Crippen LogP contribution in [0.1, 0.15) is 26.4 Å². The lowest BCUT2D eigenvalue weighted by Crippen LogP contribution is -2.23. The number of nitrogen functional groups attached to an aromatic ring is 1. The smallest absolute Gasteiger partial charge is 0.273 e. The molecule has 0 saturated heterocycles. The van der Waals surface area contributed by atoms with Gasteiger partial charge in [0, 0.05) is 36.3 Å². The minimum atomic E-state index is -0.738. The number of anilines is 1. The monoisotopic (exact) mass is 397 g/mol. The van der Waals surface area contributed by atoms with Crippen LogP contribution in [0.2, 0.25) is 0 Å². The Kier molecular flexibility index (Phi) is 5.77. The Morgan fingerprint density at radius 2 is 1.90 bits per heavy atom. The summed E-state index contributed by atoms with van der Waals surface area (Å²) < 4.78 is 26.7. The first-order chi connectivity index (χ1) is 13.9. The molecule has 2 aromatic carbocycles. The van der Waals surface area contributed by atoms with E-state index in [1.165, 1.54) is 19.3 Å². The predicted octanol–water partition coefficient (Wildman–Crippen LogP) is 2.29. The summed E-state index contributed by atoms with van der Waals surface area (Å²) in [7, 11) is 1.45. The van der Waals surface area contributed by atoms with Crippen molar-refractivity contribution in [3.05, 3.63) is 77.1 Å². The van der Waals surface area contributed by atoms with Gasteiger partial charge in [-0.3, -0.25) is 9.59 Å². The molecule has 3 rings (SSSR count). The first-order valence-electron chi connectivity index (χ1n) is 8.56. The molecule has 1 heterocycles. The highest BCUT2D eigenvalue weighted by Gasteiger charge is 2.14. The zero-order valence-corrected chi connectivity index (χ0v) is 15.4. The standard InChI is InChI=1S/C20H17F2N5O2/c1-24-20(29)17-18(23)25-10-16(27-17)11-3-2-4-12(7-11)19(28)26-9-13-5-6-14(21)8-15(13)22/h2-8,10H,9H2,1H3,(H2,23,25)(H,24,29)(H,26,28). The minimum absolute atomic E-state index is 0.0108. The van der Waals surface area contributed by atoms with E-state index < -0.39 is 23.4 Å². The first-order valence-corrected chi connectivity index (χ1v) is 8.56. The molecule has 0 aliphatic rings. The third-order valence-corrected chi connectivity index (χ3v) is 4.12. The third kappa shape index (κ3) is 4.52. The highest BCUT2D eigenvalue weighted by Crippen LogP contribution is 2.20. The summed E-state index contributed by atoms with van der Waals surface area (Å²) in [5.74, 6) is -2.37. The lowest BCUT2D eigenvalue weighted by molar-refractivity contribution is 0.0945. The SMILES string of the molecule is CNC(=O)c1nc(-c2cccc(C(=O)NCc3ccc(F)cc3F)c2)cnc1N. The van der Waals surface area contributed by atoms with E-state index in [1.54, 1.807) is 24.3 Å². The minimum Gasteiger partial charge on any atom is -0.382 e. The van der Waals surface area contributed by atoms with Crippen LogP contribution in [0.3, 0.4) is 0 Å². The van der Waals surface area contributed by atoms with Gasteiger partial charge in [-0.05, 0) is 18.2 Å². The second kappa shape index (κ2) is 8.42. The lowest BCUT2D eigenvalue weighted by atomic mass is 10.1. The van der Waals surface area contributed by atoms with Crippen LogP contribution in [0.25, 0.3) is 11.3 Å². The summed E-state index contributed by atoms with van der Waals surface area (Å²) in [5, 5.41) is 5.01. The van der Waals surface area contributed by atoms with Gasteiger partial charge in [-0.25, -0.2) is 18.7 Å². The van der Waals surface area contributed by atoms with Crippen LogP contribution in [-0.2, 0) is 6.54 Å². The molecule has 7 nitrogen and oxygen atoms in total. The fourth-order valence-corrected chi connectivity index (χ4v) is 2.59. The van der Waals surface area contributed by atoms with Crippen molar-refractivity contribution in [2.75, 3.05) is 12.8 Å². The molecule has 148 valence electrons. The highest BCUT2D eigenvalue weighted by molar-refractivity contribution is 5.97. The van der Waals surface area contributed by atoms with Gasteiger partial charge in [0.05, 0.1) is 11.9 Å². The molecule has 2 amide bonds. The van der Waals surface area contributed by atoms with Crippen LogP contribution in [0, 0.1) is 11.6 Å². The molecule has 0 aliphatic heterocycles. The number of hydrogen-bond acceptors (Lipinski definition) is 5. The maximum Gasteiger partial charge on any atom is 0.273 e. The Labute approximate surface area is 165 Å². The number of halogens is 2. The second-order valence-electron chi connectivity index (χ2n) is 6.07. The number of benzene rings is 2. The van der Waals surface area contributed by atoms with E-state index in [2.05, 4.69) is 20.6 Å². The van der Waals surface area contributed by atoms with Crippen molar-refractivity contribution in [3.8, 4) is 11.3 Å². The molecule has 0 saturated carbocycles. The van der Waals surface area contributed by atoms with Gasteiger partial charge in [-0.15, -0.1) is 0 Å². The Hall–Kier alpha value is -3.88. The van der Waals surface area contributed by atoms with Gasteiger partial charge in [0.25, 0.3) is 11.8 Å². The van der Waals surface area contributed by atoms with E-state index in [0.717, 1.165) is 12.1 Å². The molecule has 1 aromatic heterocycles. The summed E-state index contributed by atoms with van der Waals surface area (Å²) in [6, 6.07) is 9.62. The van der Waals surface area contributed by atoms with Gasteiger partial charge in [0.2, 0.25) is 0 Å². The molecule has 0 aliphatic carbocycles. The van der Waals surface area contributed by atoms with E-state index >= 15 is 0 Å². The largest absolute Gasteiger partial charge is 0.382 e. The number of hydrogen-bond donors (Lipinski definition) is 3. The molecule has 0 radical (unpaired) electrons. The first kappa shape index (κ1) is 19.9. The Morgan fingerprint density at radius 1 is 1.10 bits per heavy atom. The molecule has 3 aromatic rings. The average molecular weight is 397 g/mol. The predicted molar refractivity (Wildman–Crippen MR) is 103 cm³/mol. The topological polar surface area (TPSA) is 110 Å². The van der Waals surface area contributed by atoms with E-state index in [1.807, 2.05) is 0 Å². The summed E-state index contributed by atoms with van der Waals surface area (Å²) in [6.07, 6.45) is 1.40. The van der Waals surface area contributed by atoms with Gasteiger partial charge in [-0.1, -0.05) is 18.2 Å². The van der Waals surface area contributed by atoms with E-state index in [0.29, 0.717) is 16.8 Å². The number of amides is 2. The van der Waals surface area contributed by atoms with Crippen LogP contribution < -0.4 is 16.4 Å². The second-order valence-corrected chi connectivity index (χ2v) is 6.07. The van der Waals surface area contributed by atoms with E-state index in [-0.39, 0.29) is 23.6 Å². The molecule has 0 unspecified atom stereocenters. The number of nitrogens with one attached hydrogen (secondary N) is 2. The summed E-state index contributed by atoms with van der Waals surface area (Å²) in [5.41, 5.74) is 7.03. The maximum atomic E-state index is 13.7. The zero-order chi connectivity index (χ0) is 21.0. The van der Waals surface area contributed by atoms with Crippen molar-refractivity contribution < 1.29 is 18.4 Å². The molecule has 4 N–H and O–H groups in total. The summed E-state index contributed by atoms with van der Waals surface area (Å²) >= 11 is 0. The van der Waals surface area contributed by atoms with Crippen molar-refractivity contribution in [2.45, 2.75) is 6.54 Å². The fraction of sp³-hybridized carbons (Fsp3) is 0.100. The van der Waals surface area contributed by atoms with Crippen molar-refractivity contribution in [1.82, 2.24) is 20.6 Å². The molecule has 0 spiro atoms. The number of nitrogens with two attached hydrogens (primary N) is 1. The van der Waals surface area contributed by atoms with Gasteiger partial charge in [-0.2, -0.15) is 0 Å². The Morgan fingerprint density at radius 3 is 2.62 bits per heavy atom. The van der Waals surface area contributed by atoms with E-state index in [9.17, 15) is 18.4 Å². The van der Waals surface area contributed by atoms with Gasteiger partial charge in [0.1, 0.15) is 11.6 Å². The number of aromatic nitrogens is 2. The fourth-order valence-electron chi connectivity index (χ4n) is 2.59. The molecule has 0 atom stereocenters. The summed E-state index contributed by atoms with van der Waals surface area (Å²) in [6.45, 7) is -0.0995. The quantitative estimate of drug-likeness (QED) is 0.612. The van der Waals surface area contributed by atoms with Crippen LogP contribution in [0.15, 0.2) is 48.7 Å². The maximum absolute atomic E-state index is 13.7. The van der Waals surface area contributed by atoms with Gasteiger partial charge < -0.3 is 16.4 Å². The average Bonchev–Trinajstić information content (AvgIpc) is 2.72. The normalized spacial score (nSPS) is 10.4. The third-order valence-electron chi connectivity index (χ3n) is 4.12. The van der Waals surface area contributed by atoms with Crippen molar-refractivity contribution in [3.63, 3.8) is 0 Å². The number of nitrogens with zero attached hydrogens (tertiary/aromatic N) is 2. The number of carbonyl (C=O) groups excluding carboxylic acids is 2. The van der Waals surface area contributed by atoms with E-state index in [4.69, 9.17) is 5.73 Å². The van der Waals surface area contributed by atoms with Crippen LogP contribution in [-0.4, -0.2) is 28.8 Å². The van der Waals surface area contributed by atoms with Crippen molar-refractivity contribution in [1.29, 1.82) is 0 Å². The molecule has 9 heteroatoms. The zero-order valence-electron chi connectivity index (χ0n) is 15.4. The van der Waals surface area contributed by atoms with Crippen molar-refractivity contribution >= 4 is 17.6 Å². The Balaban J connectivity index is 1.80. The molecule has 0 bridgehead atoms. The van der Waals surface area contributed by atoms with Gasteiger partial charge in [0.15, 0.2) is 11.5 Å². The molecule has 0 fully saturated rings. The van der Waals surface area contributed by atoms with Crippen LogP contribution >= 0.6 is 0 Å². The van der Waals surface area contributed by atoms with Crippen LogP contribution in [0.4, 0.5) is 14.6 Å². The lowest BCUT2D eigenvalue weighted by Gasteiger charge is -2.09. The molecular weight excluding hydrogens is 380 g/mol. The molecule has 29 heavy (non-hydrogen) atoms. The summed E-state index contributed by atoms with van der Waals surface area (Å²) in [4.78, 5) is 32.5. The highest BCUT2D eigenvalue weighted by atomic mass is 19.1. The molecular formula is C20H17F2N5O2. The number of carbonyl (C=O) groups is 2. The van der Waals surface area contributed by atoms with Crippen LogP contribution in [0.5, 0.6) is 0 Å². The van der Waals surface area contributed by atoms with Crippen molar-refractivity contribution in [2.24, 2.45) is 0 Å². The Bertz CT molecular complexity index is 1090. The number of rotatable bonds is 5. The van der Waals surface area contributed by atoms with Gasteiger partial charge >= 0.3 is 0 Å².